The van der Waals surface area contributed by atoms with Crippen molar-refractivity contribution in [2.75, 3.05) is 6.79 Å². The molecule has 4 rings (SSSR count). The van der Waals surface area contributed by atoms with Crippen LogP contribution in [-0.4, -0.2) is 45.7 Å². The molecule has 138 valence electrons. The van der Waals surface area contributed by atoms with Gasteiger partial charge >= 0.3 is 5.97 Å². The summed E-state index contributed by atoms with van der Waals surface area (Å²) in [7, 11) is 0. The Hall–Kier alpha value is -3.39. The van der Waals surface area contributed by atoms with Gasteiger partial charge in [0.05, 0.1) is 6.42 Å². The van der Waals surface area contributed by atoms with Crippen LogP contribution in [0.3, 0.4) is 0 Å². The molecule has 0 aromatic heterocycles. The second-order valence-electron chi connectivity index (χ2n) is 6.24. The van der Waals surface area contributed by atoms with E-state index in [0.717, 1.165) is 0 Å². The smallest absolute Gasteiger partial charge is 0.330 e. The third kappa shape index (κ3) is 2.80. The fourth-order valence-electron chi connectivity index (χ4n) is 3.32. The molecule has 2 N–H and O–H groups in total. The standard InChI is InChI=1S/C19H15NO7/c21-15-8-10-3-1-2-4-12(10)18(23)20(15)16(19(24)25)17(22)11-5-6-13-14(7-11)27-9-26-13/h1-7,16-17,22H,8-9H2,(H,24,25). The van der Waals surface area contributed by atoms with Crippen molar-refractivity contribution in [3.63, 3.8) is 0 Å². The van der Waals surface area contributed by atoms with Gasteiger partial charge in [0, 0.05) is 5.56 Å². The van der Waals surface area contributed by atoms with Crippen LogP contribution in [0, 0.1) is 0 Å². The van der Waals surface area contributed by atoms with Gasteiger partial charge in [-0.15, -0.1) is 0 Å². The molecule has 0 aliphatic carbocycles. The SMILES string of the molecule is O=C(O)C(C(O)c1ccc2c(c1)OCO2)N1C(=O)Cc2ccccc2C1=O. The van der Waals surface area contributed by atoms with E-state index in [1.54, 1.807) is 18.2 Å². The number of aliphatic carboxylic acids is 1. The number of carbonyl (C=O) groups is 3. The van der Waals surface area contributed by atoms with Gasteiger partial charge in [0.15, 0.2) is 17.5 Å². The number of nitrogens with zero attached hydrogens (tertiary/aromatic N) is 1. The summed E-state index contributed by atoms with van der Waals surface area (Å²) in [6, 6.07) is 9.19. The molecule has 2 unspecified atom stereocenters. The van der Waals surface area contributed by atoms with Gasteiger partial charge in [0.2, 0.25) is 12.7 Å². The van der Waals surface area contributed by atoms with Crippen molar-refractivity contribution in [1.29, 1.82) is 0 Å². The lowest BCUT2D eigenvalue weighted by Gasteiger charge is -2.33. The number of amides is 2. The molecule has 2 aromatic rings. The predicted octanol–water partition coefficient (Wildman–Crippen LogP) is 1.13. The Labute approximate surface area is 153 Å². The second-order valence-corrected chi connectivity index (χ2v) is 6.24. The Kier molecular flexibility index (Phi) is 4.04. The molecular formula is C19H15NO7. The fraction of sp³-hybridized carbons (Fsp3) is 0.211. The maximum absolute atomic E-state index is 12.8. The average Bonchev–Trinajstić information content (AvgIpc) is 3.12. The lowest BCUT2D eigenvalue weighted by molar-refractivity contribution is -0.153. The van der Waals surface area contributed by atoms with E-state index >= 15 is 0 Å². The maximum Gasteiger partial charge on any atom is 0.330 e. The van der Waals surface area contributed by atoms with Gasteiger partial charge in [-0.1, -0.05) is 24.3 Å². The molecule has 0 saturated heterocycles. The molecule has 27 heavy (non-hydrogen) atoms. The lowest BCUT2D eigenvalue weighted by atomic mass is 9.94. The summed E-state index contributed by atoms with van der Waals surface area (Å²) in [6.07, 6.45) is -1.74. The van der Waals surface area contributed by atoms with Crippen LogP contribution in [0.4, 0.5) is 0 Å². The van der Waals surface area contributed by atoms with Gasteiger partial charge in [-0.3, -0.25) is 14.5 Å². The fourth-order valence-corrected chi connectivity index (χ4v) is 3.32. The Balaban J connectivity index is 1.71. The van der Waals surface area contributed by atoms with Crippen molar-refractivity contribution in [2.24, 2.45) is 0 Å². The molecular weight excluding hydrogens is 354 g/mol. The van der Waals surface area contributed by atoms with E-state index in [1.165, 1.54) is 24.3 Å². The Morgan fingerprint density at radius 3 is 2.59 bits per heavy atom. The van der Waals surface area contributed by atoms with Crippen molar-refractivity contribution in [2.45, 2.75) is 18.6 Å². The first-order valence-corrected chi connectivity index (χ1v) is 8.22. The topological polar surface area (TPSA) is 113 Å². The zero-order valence-corrected chi connectivity index (χ0v) is 14.0. The number of carbonyl (C=O) groups excluding carboxylic acids is 2. The third-order valence-electron chi connectivity index (χ3n) is 4.65. The minimum Gasteiger partial charge on any atom is -0.480 e. The summed E-state index contributed by atoms with van der Waals surface area (Å²) in [5.41, 5.74) is 0.984. The van der Waals surface area contributed by atoms with Crippen molar-refractivity contribution in [1.82, 2.24) is 4.90 Å². The summed E-state index contributed by atoms with van der Waals surface area (Å²) in [5.74, 6) is -2.07. The number of aliphatic hydroxyl groups is 1. The quantitative estimate of drug-likeness (QED) is 0.777. The molecule has 2 aliphatic heterocycles. The molecule has 2 heterocycles. The highest BCUT2D eigenvalue weighted by Crippen LogP contribution is 2.36. The molecule has 8 nitrogen and oxygen atoms in total. The molecule has 2 aliphatic rings. The van der Waals surface area contributed by atoms with E-state index in [-0.39, 0.29) is 24.3 Å². The molecule has 2 amide bonds. The summed E-state index contributed by atoms with van der Waals surface area (Å²) in [6.45, 7) is 0.0249. The van der Waals surface area contributed by atoms with E-state index in [2.05, 4.69) is 0 Å². The van der Waals surface area contributed by atoms with Crippen LogP contribution >= 0.6 is 0 Å². The number of imide groups is 1. The number of aliphatic hydroxyl groups excluding tert-OH is 1. The van der Waals surface area contributed by atoms with Crippen molar-refractivity contribution in [3.05, 3.63) is 59.2 Å². The Morgan fingerprint density at radius 1 is 1.07 bits per heavy atom. The highest BCUT2D eigenvalue weighted by atomic mass is 16.7. The van der Waals surface area contributed by atoms with Crippen LogP contribution in [0.1, 0.15) is 27.6 Å². The van der Waals surface area contributed by atoms with E-state index in [0.29, 0.717) is 22.0 Å². The summed E-state index contributed by atoms with van der Waals surface area (Å²) in [4.78, 5) is 37.8. The number of carboxylic acid groups (broad SMARTS) is 1. The summed E-state index contributed by atoms with van der Waals surface area (Å²) < 4.78 is 10.4. The van der Waals surface area contributed by atoms with E-state index in [4.69, 9.17) is 9.47 Å². The van der Waals surface area contributed by atoms with E-state index in [1.807, 2.05) is 0 Å². The Bertz CT molecular complexity index is 955. The van der Waals surface area contributed by atoms with Gasteiger partial charge in [-0.05, 0) is 29.3 Å². The van der Waals surface area contributed by atoms with Crippen molar-refractivity contribution < 1.29 is 34.1 Å². The first kappa shape index (κ1) is 17.0. The molecule has 0 saturated carbocycles. The highest BCUT2D eigenvalue weighted by Gasteiger charge is 2.43. The predicted molar refractivity (Wildman–Crippen MR) is 90.3 cm³/mol. The van der Waals surface area contributed by atoms with Gasteiger partial charge in [0.25, 0.3) is 5.91 Å². The zero-order chi connectivity index (χ0) is 19.1. The highest BCUT2D eigenvalue weighted by molar-refractivity contribution is 6.11. The van der Waals surface area contributed by atoms with Crippen LogP contribution < -0.4 is 9.47 Å². The van der Waals surface area contributed by atoms with Crippen LogP contribution in [0.2, 0.25) is 0 Å². The molecule has 2 aromatic carbocycles. The number of rotatable bonds is 4. The van der Waals surface area contributed by atoms with E-state index < -0.39 is 29.9 Å². The van der Waals surface area contributed by atoms with Crippen LogP contribution in [0.5, 0.6) is 11.5 Å². The monoisotopic (exact) mass is 369 g/mol. The average molecular weight is 369 g/mol. The van der Waals surface area contributed by atoms with Crippen LogP contribution in [-0.2, 0) is 16.0 Å². The molecule has 0 bridgehead atoms. The molecule has 0 radical (unpaired) electrons. The number of hydrogen-bond donors (Lipinski definition) is 2. The molecule has 2 atom stereocenters. The first-order chi connectivity index (χ1) is 13.0. The van der Waals surface area contributed by atoms with Gasteiger partial charge in [-0.25, -0.2) is 4.79 Å². The van der Waals surface area contributed by atoms with Gasteiger partial charge < -0.3 is 19.7 Å². The number of ether oxygens (including phenoxy) is 2. The maximum atomic E-state index is 12.8. The van der Waals surface area contributed by atoms with E-state index in [9.17, 15) is 24.6 Å². The van der Waals surface area contributed by atoms with Gasteiger partial charge in [0.1, 0.15) is 6.10 Å². The summed E-state index contributed by atoms with van der Waals surface area (Å²) >= 11 is 0. The normalized spacial score (nSPS) is 17.4. The van der Waals surface area contributed by atoms with Crippen molar-refractivity contribution in [3.8, 4) is 11.5 Å². The third-order valence-corrected chi connectivity index (χ3v) is 4.65. The minimum atomic E-state index is -1.77. The number of fused-ring (bicyclic) bond motifs is 2. The largest absolute Gasteiger partial charge is 0.480 e. The molecule has 0 spiro atoms. The molecule has 8 heteroatoms. The summed E-state index contributed by atoms with van der Waals surface area (Å²) in [5, 5.41) is 20.4. The molecule has 0 fully saturated rings. The van der Waals surface area contributed by atoms with Crippen LogP contribution in [0.25, 0.3) is 0 Å². The number of hydrogen-bond acceptors (Lipinski definition) is 6. The second kappa shape index (κ2) is 6.40. The van der Waals surface area contributed by atoms with Gasteiger partial charge in [-0.2, -0.15) is 0 Å². The number of benzene rings is 2. The van der Waals surface area contributed by atoms with Crippen molar-refractivity contribution >= 4 is 17.8 Å². The Morgan fingerprint density at radius 2 is 1.81 bits per heavy atom. The number of carboxylic acids is 1. The van der Waals surface area contributed by atoms with Crippen LogP contribution in [0.15, 0.2) is 42.5 Å². The lowest BCUT2D eigenvalue weighted by Crippen LogP contribution is -2.54. The first-order valence-electron chi connectivity index (χ1n) is 8.22. The minimum absolute atomic E-state index is 0.0249. The zero-order valence-electron chi connectivity index (χ0n) is 14.0.